The number of ether oxygens (including phenoxy) is 2. The van der Waals surface area contributed by atoms with E-state index < -0.39 is 77.6 Å². The Labute approximate surface area is 197 Å². The predicted octanol–water partition coefficient (Wildman–Crippen LogP) is -4.43. The van der Waals surface area contributed by atoms with Crippen LogP contribution in [0.2, 0.25) is 0 Å². The van der Waals surface area contributed by atoms with Crippen molar-refractivity contribution in [3.05, 3.63) is 23.9 Å². The van der Waals surface area contributed by atoms with Crippen LogP contribution in [0.15, 0.2) is 23.9 Å². The number of rotatable bonds is 13. The summed E-state index contributed by atoms with van der Waals surface area (Å²) in [4.78, 5) is 50.1. The Balaban J connectivity index is 2.07. The molecule has 1 saturated heterocycles. The van der Waals surface area contributed by atoms with Gasteiger partial charge in [-0.2, -0.15) is 4.31 Å². The van der Waals surface area contributed by atoms with E-state index in [9.17, 15) is 44.0 Å². The molecule has 0 saturated carbocycles. The molecule has 1 amide bonds. The average molecular weight is 547 g/mol. The van der Waals surface area contributed by atoms with Gasteiger partial charge in [0.05, 0.1) is 24.9 Å². The lowest BCUT2D eigenvalue weighted by Gasteiger charge is -2.35. The number of nitrogens with two attached hydrogens (primary N) is 1. The number of phosphoric acid groups is 2. The number of carbonyl (C=O) groups is 2. The summed E-state index contributed by atoms with van der Waals surface area (Å²) in [6.45, 7) is -1.65. The molecule has 0 aromatic rings. The van der Waals surface area contributed by atoms with Crippen LogP contribution in [0.1, 0.15) is 0 Å². The molecule has 8 atom stereocenters. The maximum absolute atomic E-state index is 12.5. The molecule has 2 aliphatic heterocycles. The summed E-state index contributed by atoms with van der Waals surface area (Å²) >= 11 is 0. The Morgan fingerprint density at radius 1 is 1.34 bits per heavy atom. The van der Waals surface area contributed by atoms with Crippen molar-refractivity contribution in [3.63, 3.8) is 0 Å². The molecule has 2 heterocycles. The Kier molecular flexibility index (Phi) is 10.3. The van der Waals surface area contributed by atoms with Gasteiger partial charge in [0, 0.05) is 12.7 Å². The first-order chi connectivity index (χ1) is 16.1. The van der Waals surface area contributed by atoms with Crippen LogP contribution >= 0.6 is 15.6 Å². The first-order valence-corrected chi connectivity index (χ1v) is 12.8. The van der Waals surface area contributed by atoms with Crippen molar-refractivity contribution in [2.24, 2.45) is 5.73 Å². The van der Waals surface area contributed by atoms with Crippen LogP contribution in [-0.4, -0.2) is 110 Å². The van der Waals surface area contributed by atoms with Gasteiger partial charge in [0.25, 0.3) is 0 Å². The standard InChI is InChI=1S/C16H25N2O15P2/c17-15(24)8-2-1-3-18(4-8)16-14(23)13(22)11(32-16)6-30-10(12(21)9(20)5-19)7-31-35(28,29)33-34(25,26)27/h1-2,4-5,9-14,16,20-22H,3,6-7H2,(H2,17,24)(H,28,29)(H2,25,26,27)/q-1. The van der Waals surface area contributed by atoms with Crippen LogP contribution < -0.4 is 10.8 Å². The number of carbonyl (C=O) groups excluding carboxylic acids is 2. The van der Waals surface area contributed by atoms with E-state index >= 15 is 0 Å². The van der Waals surface area contributed by atoms with Gasteiger partial charge in [0.15, 0.2) is 6.29 Å². The summed E-state index contributed by atoms with van der Waals surface area (Å²) in [5.74, 6) is -0.763. The molecule has 17 nitrogen and oxygen atoms in total. The van der Waals surface area contributed by atoms with Crippen LogP contribution in [0.3, 0.4) is 0 Å². The smallest absolute Gasteiger partial charge is 0.481 e. The second-order valence-corrected chi connectivity index (χ2v) is 10.2. The Morgan fingerprint density at radius 2 is 2.00 bits per heavy atom. The van der Waals surface area contributed by atoms with Crippen molar-refractivity contribution in [2.45, 2.75) is 42.9 Å². The maximum atomic E-state index is 12.5. The average Bonchev–Trinajstić information content (AvgIpc) is 3.05. The number of aliphatic hydroxyl groups excluding tert-OH is 3. The van der Waals surface area contributed by atoms with E-state index in [2.05, 4.69) is 8.83 Å². The third-order valence-electron chi connectivity index (χ3n) is 4.80. The molecule has 8 N–H and O–H groups in total. The molecular formula is C16H25N2O15P2-. The molecule has 0 aliphatic carbocycles. The van der Waals surface area contributed by atoms with E-state index in [1.54, 1.807) is 0 Å². The van der Waals surface area contributed by atoms with Crippen LogP contribution in [-0.2, 0) is 37.0 Å². The van der Waals surface area contributed by atoms with Crippen molar-refractivity contribution in [1.82, 2.24) is 4.90 Å². The largest absolute Gasteiger partial charge is 0.847 e. The number of aliphatic hydroxyl groups is 3. The zero-order chi connectivity index (χ0) is 26.6. The quantitative estimate of drug-likeness (QED) is 0.0846. The normalized spacial score (nSPS) is 29.2. The third-order valence-corrected chi connectivity index (χ3v) is 6.95. The Hall–Kier alpha value is -1.56. The van der Waals surface area contributed by atoms with E-state index in [4.69, 9.17) is 25.0 Å². The van der Waals surface area contributed by atoms with Gasteiger partial charge in [-0.05, 0) is 0 Å². The zero-order valence-electron chi connectivity index (χ0n) is 17.7. The lowest BCUT2D eigenvalue weighted by Crippen LogP contribution is -2.50. The van der Waals surface area contributed by atoms with Gasteiger partial charge in [0.1, 0.15) is 30.6 Å². The highest BCUT2D eigenvalue weighted by atomic mass is 31.3. The topological polar surface area (TPSA) is 279 Å². The first-order valence-electron chi connectivity index (χ1n) is 9.75. The van der Waals surface area contributed by atoms with Crippen LogP contribution in [0, 0.1) is 0 Å². The van der Waals surface area contributed by atoms with Gasteiger partial charge in [-0.1, -0.05) is 18.3 Å². The molecular weight excluding hydrogens is 522 g/mol. The summed E-state index contributed by atoms with van der Waals surface area (Å²) in [6.07, 6.45) is -7.84. The molecule has 200 valence electrons. The molecule has 0 radical (unpaired) electrons. The molecule has 8 unspecified atom stereocenters. The zero-order valence-corrected chi connectivity index (χ0v) is 19.5. The highest BCUT2D eigenvalue weighted by Gasteiger charge is 2.41. The summed E-state index contributed by atoms with van der Waals surface area (Å²) in [5.41, 5.74) is 5.29. The van der Waals surface area contributed by atoms with Gasteiger partial charge in [-0.25, -0.2) is 9.13 Å². The second-order valence-electron chi connectivity index (χ2n) is 7.39. The van der Waals surface area contributed by atoms with Gasteiger partial charge < -0.3 is 60.0 Å². The molecule has 35 heavy (non-hydrogen) atoms. The SMILES string of the molecule is NC(=O)C1=CN(C2OC(COC(COP(=O)(O)OP(=O)(O)O)C(O)C(O)C=O)C(O)C2[O-])CC=C1. The molecule has 0 spiro atoms. The second kappa shape index (κ2) is 12.1. The molecule has 19 heteroatoms. The highest BCUT2D eigenvalue weighted by molar-refractivity contribution is 7.60. The number of amides is 1. The third kappa shape index (κ3) is 8.51. The fraction of sp³-hybridized carbons (Fsp3) is 0.625. The molecule has 2 rings (SSSR count). The van der Waals surface area contributed by atoms with Crippen molar-refractivity contribution < 1.29 is 72.1 Å². The van der Waals surface area contributed by atoms with Gasteiger partial charge >= 0.3 is 15.6 Å². The molecule has 0 aromatic carbocycles. The number of hydrogen-bond donors (Lipinski definition) is 7. The Bertz CT molecular complexity index is 923. The molecule has 1 fully saturated rings. The van der Waals surface area contributed by atoms with Crippen molar-refractivity contribution in [1.29, 1.82) is 0 Å². The van der Waals surface area contributed by atoms with E-state index in [0.717, 1.165) is 0 Å². The molecule has 2 aliphatic rings. The number of aldehydes is 1. The highest BCUT2D eigenvalue weighted by Crippen LogP contribution is 2.57. The van der Waals surface area contributed by atoms with E-state index in [0.29, 0.717) is 0 Å². The van der Waals surface area contributed by atoms with Crippen molar-refractivity contribution in [2.75, 3.05) is 19.8 Å². The van der Waals surface area contributed by atoms with Crippen LogP contribution in [0.5, 0.6) is 0 Å². The lowest BCUT2D eigenvalue weighted by molar-refractivity contribution is -0.447. The van der Waals surface area contributed by atoms with Gasteiger partial charge in [-0.15, -0.1) is 0 Å². The molecule has 0 aromatic heterocycles. The number of phosphoric ester groups is 1. The lowest BCUT2D eigenvalue weighted by atomic mass is 10.1. The predicted molar refractivity (Wildman–Crippen MR) is 108 cm³/mol. The van der Waals surface area contributed by atoms with E-state index in [1.807, 2.05) is 0 Å². The fourth-order valence-corrected chi connectivity index (χ4v) is 4.71. The van der Waals surface area contributed by atoms with Crippen molar-refractivity contribution >= 4 is 27.8 Å². The molecule has 0 bridgehead atoms. The van der Waals surface area contributed by atoms with Gasteiger partial charge in [0.2, 0.25) is 5.91 Å². The minimum Gasteiger partial charge on any atom is -0.847 e. The minimum absolute atomic E-state index is 0.0791. The van der Waals surface area contributed by atoms with Crippen LogP contribution in [0.4, 0.5) is 0 Å². The maximum Gasteiger partial charge on any atom is 0.481 e. The van der Waals surface area contributed by atoms with Crippen LogP contribution in [0.25, 0.3) is 0 Å². The summed E-state index contributed by atoms with van der Waals surface area (Å²) < 4.78 is 41.1. The first kappa shape index (κ1) is 29.7. The fourth-order valence-electron chi connectivity index (χ4n) is 3.11. The Morgan fingerprint density at radius 3 is 2.57 bits per heavy atom. The number of nitrogens with zero attached hydrogens (tertiary/aromatic N) is 1. The van der Waals surface area contributed by atoms with Gasteiger partial charge in [-0.3, -0.25) is 9.32 Å². The summed E-state index contributed by atoms with van der Waals surface area (Å²) in [7, 11) is -10.8. The summed E-state index contributed by atoms with van der Waals surface area (Å²) in [6, 6.07) is 0. The minimum atomic E-state index is -5.45. The monoisotopic (exact) mass is 547 g/mol. The van der Waals surface area contributed by atoms with Crippen molar-refractivity contribution in [3.8, 4) is 0 Å². The number of primary amides is 1. The summed E-state index contributed by atoms with van der Waals surface area (Å²) in [5, 5.41) is 42.4. The number of hydrogen-bond acceptors (Lipinski definition) is 13. The van der Waals surface area contributed by atoms with E-state index in [-0.39, 0.29) is 18.4 Å². The van der Waals surface area contributed by atoms with E-state index in [1.165, 1.54) is 23.3 Å².